The van der Waals surface area contributed by atoms with Crippen LogP contribution in [-0.4, -0.2) is 34.6 Å². The number of aliphatic carboxylic acids is 1. The molecule has 102 valence electrons. The fourth-order valence-electron chi connectivity index (χ4n) is 1.12. The van der Waals surface area contributed by atoms with Crippen LogP contribution >= 0.6 is 0 Å². The van der Waals surface area contributed by atoms with Gasteiger partial charge in [-0.05, 0) is 33.8 Å². The maximum atomic E-state index is 11.5. The average Bonchev–Trinajstić information content (AvgIpc) is 2.13. The normalized spacial score (nSPS) is 13.1. The first-order valence-electron chi connectivity index (χ1n) is 5.53. The van der Waals surface area contributed by atoms with Crippen LogP contribution in [0.3, 0.4) is 0 Å². The fourth-order valence-corrected chi connectivity index (χ4v) is 1.12. The van der Waals surface area contributed by atoms with E-state index in [9.17, 15) is 14.4 Å². The van der Waals surface area contributed by atoms with Crippen molar-refractivity contribution >= 4 is 17.8 Å². The zero-order valence-electron chi connectivity index (χ0n) is 11.0. The Balaban J connectivity index is 4.50. The number of carboxylic acids is 1. The van der Waals surface area contributed by atoms with Gasteiger partial charge < -0.3 is 15.2 Å². The second-order valence-electron chi connectivity index (χ2n) is 4.69. The highest BCUT2D eigenvalue weighted by molar-refractivity contribution is 5.92. The number of ether oxygens (including phenoxy) is 1. The van der Waals surface area contributed by atoms with E-state index in [-0.39, 0.29) is 0 Å². The highest BCUT2D eigenvalue weighted by Crippen LogP contribution is 2.09. The van der Waals surface area contributed by atoms with Gasteiger partial charge >= 0.3 is 11.9 Å². The molecule has 0 aromatic carbocycles. The van der Waals surface area contributed by atoms with Crippen molar-refractivity contribution < 1.29 is 24.2 Å². The lowest BCUT2D eigenvalue weighted by molar-refractivity contribution is -0.158. The first kappa shape index (κ1) is 16.1. The molecule has 0 saturated carbocycles. The summed E-state index contributed by atoms with van der Waals surface area (Å²) in [5.74, 6) is -2.51. The molecule has 1 atom stereocenters. The molecule has 0 bridgehead atoms. The molecule has 0 fully saturated rings. The molecule has 0 rings (SSSR count). The first-order chi connectivity index (χ1) is 8.15. The van der Waals surface area contributed by atoms with Gasteiger partial charge in [0.25, 0.3) is 0 Å². The van der Waals surface area contributed by atoms with Crippen molar-refractivity contribution in [2.24, 2.45) is 0 Å². The van der Waals surface area contributed by atoms with E-state index in [1.165, 1.54) is 12.2 Å². The number of hydrogen-bond donors (Lipinski definition) is 2. The van der Waals surface area contributed by atoms with Crippen molar-refractivity contribution in [1.82, 2.24) is 5.32 Å². The molecule has 0 radical (unpaired) electrons. The second-order valence-corrected chi connectivity index (χ2v) is 4.69. The largest absolute Gasteiger partial charge is 0.480 e. The van der Waals surface area contributed by atoms with Crippen LogP contribution < -0.4 is 5.32 Å². The second kappa shape index (κ2) is 6.78. The Morgan fingerprint density at radius 3 is 2.28 bits per heavy atom. The van der Waals surface area contributed by atoms with Crippen molar-refractivity contribution in [3.8, 4) is 0 Å². The molecular weight excluding hydrogens is 238 g/mol. The average molecular weight is 257 g/mol. The van der Waals surface area contributed by atoms with Crippen LogP contribution in [0.5, 0.6) is 0 Å². The van der Waals surface area contributed by atoms with E-state index in [4.69, 9.17) is 9.84 Å². The van der Waals surface area contributed by atoms with Gasteiger partial charge in [-0.15, -0.1) is 0 Å². The number of nitrogens with one attached hydrogen (secondary N) is 1. The number of amides is 1. The predicted octanol–water partition coefficient (Wildman–Crippen LogP) is 0.864. The Hall–Kier alpha value is -1.85. The smallest absolute Gasteiger partial charge is 0.326 e. The summed E-state index contributed by atoms with van der Waals surface area (Å²) in [6.07, 6.45) is 2.25. The molecule has 0 aromatic heterocycles. The molecule has 6 heteroatoms. The number of esters is 1. The number of hydrogen-bond acceptors (Lipinski definition) is 4. The highest BCUT2D eigenvalue weighted by atomic mass is 16.6. The number of rotatable bonds is 5. The quantitative estimate of drug-likeness (QED) is 0.563. The third-order valence-electron chi connectivity index (χ3n) is 1.72. The lowest BCUT2D eigenvalue weighted by atomic mass is 10.1. The molecule has 0 aliphatic carbocycles. The lowest BCUT2D eigenvalue weighted by Gasteiger charge is -2.21. The van der Waals surface area contributed by atoms with Gasteiger partial charge in [-0.25, -0.2) is 4.79 Å². The summed E-state index contributed by atoms with van der Waals surface area (Å²) in [4.78, 5) is 33.6. The monoisotopic (exact) mass is 257 g/mol. The molecule has 0 unspecified atom stereocenters. The van der Waals surface area contributed by atoms with Gasteiger partial charge in [0.2, 0.25) is 5.91 Å². The van der Waals surface area contributed by atoms with Crippen LogP contribution in [0.25, 0.3) is 0 Å². The Morgan fingerprint density at radius 1 is 1.33 bits per heavy atom. The first-order valence-corrected chi connectivity index (χ1v) is 5.53. The van der Waals surface area contributed by atoms with Crippen molar-refractivity contribution in [2.75, 3.05) is 0 Å². The van der Waals surface area contributed by atoms with Gasteiger partial charge in [0.05, 0.1) is 6.42 Å². The van der Waals surface area contributed by atoms with E-state index < -0.39 is 35.9 Å². The molecule has 2 N–H and O–H groups in total. The lowest BCUT2D eigenvalue weighted by Crippen LogP contribution is -2.42. The third kappa shape index (κ3) is 7.43. The Morgan fingerprint density at radius 2 is 1.89 bits per heavy atom. The van der Waals surface area contributed by atoms with Gasteiger partial charge in [-0.2, -0.15) is 0 Å². The number of carbonyl (C=O) groups is 3. The van der Waals surface area contributed by atoms with Gasteiger partial charge in [0.15, 0.2) is 0 Å². The van der Waals surface area contributed by atoms with Gasteiger partial charge in [0, 0.05) is 0 Å². The van der Waals surface area contributed by atoms with Crippen LogP contribution in [0.15, 0.2) is 12.2 Å². The van der Waals surface area contributed by atoms with Gasteiger partial charge in [0.1, 0.15) is 11.6 Å². The minimum Gasteiger partial charge on any atom is -0.480 e. The zero-order valence-corrected chi connectivity index (χ0v) is 11.0. The Kier molecular flexibility index (Phi) is 6.08. The Labute approximate surface area is 106 Å². The third-order valence-corrected chi connectivity index (χ3v) is 1.72. The zero-order chi connectivity index (χ0) is 14.3. The minimum absolute atomic E-state index is 0.407. The number of allylic oxidation sites excluding steroid dienone is 1. The molecule has 18 heavy (non-hydrogen) atoms. The Bertz CT molecular complexity index is 354. The summed E-state index contributed by atoms with van der Waals surface area (Å²) in [6.45, 7) is 6.67. The molecule has 0 aliphatic rings. The van der Waals surface area contributed by atoms with Crippen molar-refractivity contribution in [1.29, 1.82) is 0 Å². The summed E-state index contributed by atoms with van der Waals surface area (Å²) in [7, 11) is 0. The van der Waals surface area contributed by atoms with E-state index in [1.54, 1.807) is 27.7 Å². The van der Waals surface area contributed by atoms with Crippen LogP contribution in [0, 0.1) is 0 Å². The van der Waals surface area contributed by atoms with E-state index in [2.05, 4.69) is 5.32 Å². The van der Waals surface area contributed by atoms with Crippen molar-refractivity contribution in [3.63, 3.8) is 0 Å². The molecule has 0 aliphatic heterocycles. The standard InChI is InChI=1S/C12H19NO5/c1-5-6-9(14)13-8(11(16)17)7-10(15)18-12(2,3)4/h5-6,8H,7H2,1-4H3,(H,13,14)(H,16,17)/b6-5+/t8-/m0/s1. The summed E-state index contributed by atoms with van der Waals surface area (Å²) >= 11 is 0. The molecular formula is C12H19NO5. The van der Waals surface area contributed by atoms with Crippen LogP contribution in [-0.2, 0) is 19.1 Å². The SMILES string of the molecule is C/C=C/C(=O)N[C@@H](CC(=O)OC(C)(C)C)C(=O)O. The van der Waals surface area contributed by atoms with E-state index in [0.29, 0.717) is 0 Å². The van der Waals surface area contributed by atoms with Crippen LogP contribution in [0.2, 0.25) is 0 Å². The molecule has 0 spiro atoms. The van der Waals surface area contributed by atoms with Crippen LogP contribution in [0.1, 0.15) is 34.1 Å². The van der Waals surface area contributed by atoms with Crippen molar-refractivity contribution in [2.45, 2.75) is 45.8 Å². The highest BCUT2D eigenvalue weighted by Gasteiger charge is 2.25. The summed E-state index contributed by atoms with van der Waals surface area (Å²) < 4.78 is 4.99. The summed E-state index contributed by atoms with van der Waals surface area (Å²) in [6, 6.07) is -1.29. The number of carbonyl (C=O) groups excluding carboxylic acids is 2. The number of carboxylic acid groups (broad SMARTS) is 1. The molecule has 0 heterocycles. The molecule has 0 saturated heterocycles. The van der Waals surface area contributed by atoms with Crippen LogP contribution in [0.4, 0.5) is 0 Å². The van der Waals surface area contributed by atoms with E-state index in [1.807, 2.05) is 0 Å². The predicted molar refractivity (Wildman–Crippen MR) is 64.8 cm³/mol. The molecule has 1 amide bonds. The summed E-state index contributed by atoms with van der Waals surface area (Å²) in [5, 5.41) is 11.1. The maximum absolute atomic E-state index is 11.5. The fraction of sp³-hybridized carbons (Fsp3) is 0.583. The van der Waals surface area contributed by atoms with E-state index in [0.717, 1.165) is 0 Å². The molecule has 6 nitrogen and oxygen atoms in total. The maximum Gasteiger partial charge on any atom is 0.326 e. The summed E-state index contributed by atoms with van der Waals surface area (Å²) in [5.41, 5.74) is -0.687. The van der Waals surface area contributed by atoms with Gasteiger partial charge in [-0.1, -0.05) is 6.08 Å². The van der Waals surface area contributed by atoms with Crippen molar-refractivity contribution in [3.05, 3.63) is 12.2 Å². The molecule has 0 aromatic rings. The van der Waals surface area contributed by atoms with E-state index >= 15 is 0 Å². The minimum atomic E-state index is -1.29. The van der Waals surface area contributed by atoms with Gasteiger partial charge in [-0.3, -0.25) is 9.59 Å². The topological polar surface area (TPSA) is 92.7 Å².